The van der Waals surface area contributed by atoms with Crippen LogP contribution in [0, 0.1) is 29.1 Å². The molecule has 1 N–H and O–H groups in total. The lowest BCUT2D eigenvalue weighted by Gasteiger charge is -2.44. The standard InChI is InChI=1S/C27H44O3S/c1-18(2)7-5-8-19(3)24-12-13-25-20(9-6-14-27(24,25)4)15-26-23-16-22(28)11-10-21(23)17-31(26,29)30/h15,18-19,22,24-26,28H,5-14,16-17H2,1-4H3/b20-15+/t19-,22+,24-,25+,26+,27-/m1/s1. The van der Waals surface area contributed by atoms with Crippen LogP contribution in [0.15, 0.2) is 22.8 Å². The summed E-state index contributed by atoms with van der Waals surface area (Å²) in [5, 5.41) is 9.73. The van der Waals surface area contributed by atoms with Crippen molar-refractivity contribution in [3.63, 3.8) is 0 Å². The molecule has 1 heterocycles. The Morgan fingerprint density at radius 2 is 1.90 bits per heavy atom. The molecule has 4 rings (SSSR count). The highest BCUT2D eigenvalue weighted by Crippen LogP contribution is 2.60. The fraction of sp³-hybridized carbons (Fsp3) is 0.852. The van der Waals surface area contributed by atoms with Crippen LogP contribution in [0.3, 0.4) is 0 Å². The molecule has 31 heavy (non-hydrogen) atoms. The third-order valence-electron chi connectivity index (χ3n) is 9.33. The van der Waals surface area contributed by atoms with Crippen molar-refractivity contribution in [2.75, 3.05) is 5.75 Å². The van der Waals surface area contributed by atoms with Crippen molar-refractivity contribution in [3.05, 3.63) is 22.8 Å². The average molecular weight is 449 g/mol. The summed E-state index contributed by atoms with van der Waals surface area (Å²) in [4.78, 5) is 0. The third kappa shape index (κ3) is 4.58. The molecule has 3 aliphatic carbocycles. The van der Waals surface area contributed by atoms with E-state index in [-0.39, 0.29) is 11.9 Å². The van der Waals surface area contributed by atoms with E-state index in [1.165, 1.54) is 50.5 Å². The summed E-state index contributed by atoms with van der Waals surface area (Å²) in [5.41, 5.74) is 3.89. The Morgan fingerprint density at radius 3 is 2.65 bits per heavy atom. The zero-order valence-corrected chi connectivity index (χ0v) is 21.0. The Balaban J connectivity index is 1.54. The van der Waals surface area contributed by atoms with E-state index in [1.54, 1.807) is 0 Å². The minimum atomic E-state index is -3.15. The van der Waals surface area contributed by atoms with E-state index in [1.807, 2.05) is 0 Å². The maximum absolute atomic E-state index is 13.1. The van der Waals surface area contributed by atoms with Gasteiger partial charge in [-0.3, -0.25) is 0 Å². The highest BCUT2D eigenvalue weighted by molar-refractivity contribution is 7.92. The molecule has 4 aliphatic rings. The predicted molar refractivity (Wildman–Crippen MR) is 129 cm³/mol. The molecular weight excluding hydrogens is 404 g/mol. The van der Waals surface area contributed by atoms with Crippen LogP contribution in [0.2, 0.25) is 0 Å². The number of aliphatic hydroxyl groups is 1. The van der Waals surface area contributed by atoms with Gasteiger partial charge in [-0.05, 0) is 86.0 Å². The van der Waals surface area contributed by atoms with Crippen LogP contribution >= 0.6 is 0 Å². The fourth-order valence-electron chi connectivity index (χ4n) is 7.70. The highest BCUT2D eigenvalue weighted by Gasteiger charge is 2.51. The number of fused-ring (bicyclic) bond motifs is 1. The van der Waals surface area contributed by atoms with Crippen molar-refractivity contribution in [2.24, 2.45) is 29.1 Å². The van der Waals surface area contributed by atoms with Crippen LogP contribution in [0.5, 0.6) is 0 Å². The molecule has 3 nitrogen and oxygen atoms in total. The molecule has 2 fully saturated rings. The van der Waals surface area contributed by atoms with Gasteiger partial charge in [-0.25, -0.2) is 8.42 Å². The number of hydrogen-bond acceptors (Lipinski definition) is 3. The van der Waals surface area contributed by atoms with E-state index >= 15 is 0 Å². The van der Waals surface area contributed by atoms with E-state index in [9.17, 15) is 13.5 Å². The van der Waals surface area contributed by atoms with Gasteiger partial charge in [0, 0.05) is 0 Å². The molecule has 4 heteroatoms. The molecule has 0 aromatic rings. The van der Waals surface area contributed by atoms with Crippen LogP contribution in [-0.2, 0) is 9.84 Å². The smallest absolute Gasteiger partial charge is 0.164 e. The number of rotatable bonds is 6. The lowest BCUT2D eigenvalue weighted by Crippen LogP contribution is -2.36. The summed E-state index contributed by atoms with van der Waals surface area (Å²) >= 11 is 0. The Bertz CT molecular complexity index is 837. The molecule has 6 atom stereocenters. The van der Waals surface area contributed by atoms with Gasteiger partial charge >= 0.3 is 0 Å². The maximum atomic E-state index is 13.1. The van der Waals surface area contributed by atoms with Crippen LogP contribution in [0.25, 0.3) is 0 Å². The maximum Gasteiger partial charge on any atom is 0.164 e. The van der Waals surface area contributed by atoms with Crippen LogP contribution < -0.4 is 0 Å². The monoisotopic (exact) mass is 448 g/mol. The molecule has 0 amide bonds. The third-order valence-corrected chi connectivity index (χ3v) is 11.3. The van der Waals surface area contributed by atoms with Crippen molar-refractivity contribution < 1.29 is 13.5 Å². The van der Waals surface area contributed by atoms with E-state index < -0.39 is 15.1 Å². The second-order valence-electron chi connectivity index (χ2n) is 11.9. The highest BCUT2D eigenvalue weighted by atomic mass is 32.2. The Morgan fingerprint density at radius 1 is 1.13 bits per heavy atom. The zero-order valence-electron chi connectivity index (χ0n) is 20.2. The van der Waals surface area contributed by atoms with Crippen molar-refractivity contribution in [1.82, 2.24) is 0 Å². The Hall–Kier alpha value is -0.610. The summed E-state index contributed by atoms with van der Waals surface area (Å²) in [6.45, 7) is 9.62. The van der Waals surface area contributed by atoms with Crippen molar-refractivity contribution in [3.8, 4) is 0 Å². The van der Waals surface area contributed by atoms with E-state index in [2.05, 4.69) is 33.8 Å². The molecule has 0 aromatic carbocycles. The number of hydrogen-bond donors (Lipinski definition) is 1. The molecule has 2 saturated carbocycles. The lowest BCUT2D eigenvalue weighted by molar-refractivity contribution is 0.0926. The molecule has 0 unspecified atom stereocenters. The molecule has 1 aliphatic heterocycles. The van der Waals surface area contributed by atoms with E-state index in [4.69, 9.17) is 0 Å². The molecule has 0 spiro atoms. The van der Waals surface area contributed by atoms with Gasteiger partial charge in [-0.1, -0.05) is 64.2 Å². The molecule has 176 valence electrons. The summed E-state index contributed by atoms with van der Waals surface area (Å²) in [7, 11) is -3.15. The summed E-state index contributed by atoms with van der Waals surface area (Å²) < 4.78 is 26.1. The first-order chi connectivity index (χ1) is 14.6. The quantitative estimate of drug-likeness (QED) is 0.490. The van der Waals surface area contributed by atoms with Crippen LogP contribution in [0.4, 0.5) is 0 Å². The Labute approximate surface area is 190 Å². The number of allylic oxidation sites excluding steroid dienone is 1. The van der Waals surface area contributed by atoms with Crippen molar-refractivity contribution in [1.29, 1.82) is 0 Å². The van der Waals surface area contributed by atoms with Gasteiger partial charge in [0.05, 0.1) is 11.9 Å². The topological polar surface area (TPSA) is 54.4 Å². The van der Waals surface area contributed by atoms with Crippen LogP contribution in [-0.4, -0.2) is 30.6 Å². The predicted octanol–water partition coefficient (Wildman–Crippen LogP) is 6.23. The first-order valence-electron chi connectivity index (χ1n) is 12.9. The lowest BCUT2D eigenvalue weighted by atomic mass is 9.60. The largest absolute Gasteiger partial charge is 0.393 e. The normalized spacial score (nSPS) is 39.7. The number of sulfone groups is 1. The fourth-order valence-corrected chi connectivity index (χ4v) is 9.77. The van der Waals surface area contributed by atoms with E-state index in [0.717, 1.165) is 41.7 Å². The van der Waals surface area contributed by atoms with Crippen molar-refractivity contribution >= 4 is 9.84 Å². The first kappa shape index (κ1) is 23.5. The SMILES string of the molecule is CC(C)CCC[C@@H](C)[C@H]1CC[C@H]2/C(=C/[C@H]3C4=C(CC[C@H](O)C4)CS3(=O)=O)CCC[C@]12C. The molecular formula is C27H44O3S. The molecule has 0 radical (unpaired) electrons. The Kier molecular flexibility index (Phi) is 6.81. The van der Waals surface area contributed by atoms with Gasteiger partial charge in [0.15, 0.2) is 9.84 Å². The first-order valence-corrected chi connectivity index (χ1v) is 14.6. The molecule has 0 saturated heterocycles. The number of aliphatic hydroxyl groups excluding tert-OH is 1. The van der Waals surface area contributed by atoms with E-state index in [0.29, 0.717) is 24.2 Å². The second-order valence-corrected chi connectivity index (χ2v) is 14.0. The van der Waals surface area contributed by atoms with Crippen LogP contribution in [0.1, 0.15) is 98.3 Å². The van der Waals surface area contributed by atoms with Crippen molar-refractivity contribution in [2.45, 2.75) is 110 Å². The summed E-state index contributed by atoms with van der Waals surface area (Å²) in [6, 6.07) is 0. The summed E-state index contributed by atoms with van der Waals surface area (Å²) in [6.07, 6.45) is 13.9. The second kappa shape index (κ2) is 8.97. The van der Waals surface area contributed by atoms with Gasteiger partial charge < -0.3 is 5.11 Å². The minimum Gasteiger partial charge on any atom is -0.393 e. The van der Waals surface area contributed by atoms with Gasteiger partial charge in [-0.2, -0.15) is 0 Å². The van der Waals surface area contributed by atoms with Gasteiger partial charge in [0.1, 0.15) is 5.25 Å². The minimum absolute atomic E-state index is 0.223. The summed E-state index contributed by atoms with van der Waals surface area (Å²) in [5.74, 6) is 3.08. The average Bonchev–Trinajstić information content (AvgIpc) is 3.16. The molecule has 0 aromatic heterocycles. The molecule has 0 bridgehead atoms. The van der Waals surface area contributed by atoms with Gasteiger partial charge in [-0.15, -0.1) is 0 Å². The van der Waals surface area contributed by atoms with Gasteiger partial charge in [0.25, 0.3) is 0 Å². The van der Waals surface area contributed by atoms with Gasteiger partial charge in [0.2, 0.25) is 0 Å². The zero-order chi connectivity index (χ0) is 22.4.